The number of hydrogen-bond acceptors (Lipinski definition) is 2. The maximum atomic E-state index is 13.2. The van der Waals surface area contributed by atoms with Crippen molar-refractivity contribution in [2.24, 2.45) is 0 Å². The van der Waals surface area contributed by atoms with E-state index in [0.29, 0.717) is 0 Å². The minimum atomic E-state index is -0.0273. The van der Waals surface area contributed by atoms with Gasteiger partial charge in [0.2, 0.25) is 0 Å². The van der Waals surface area contributed by atoms with Crippen molar-refractivity contribution in [3.05, 3.63) is 107 Å². The van der Waals surface area contributed by atoms with Crippen LogP contribution in [0, 0.1) is 0 Å². The third-order valence-electron chi connectivity index (χ3n) is 4.66. The van der Waals surface area contributed by atoms with E-state index in [-0.39, 0.29) is 19.9 Å². The van der Waals surface area contributed by atoms with E-state index < -0.39 is 0 Å². The van der Waals surface area contributed by atoms with E-state index in [1.54, 1.807) is 6.07 Å². The van der Waals surface area contributed by atoms with Crippen LogP contribution in [0.25, 0.3) is 36.7 Å². The summed E-state index contributed by atoms with van der Waals surface area (Å²) in [6, 6.07) is 31.9. The number of aromatic nitrogens is 2. The average Bonchev–Trinajstić information content (AvgIpc) is 3.16. The first-order chi connectivity index (χ1) is 13.8. The monoisotopic (exact) mass is 428 g/mol. The Kier molecular flexibility index (Phi) is 4.28. The average molecular weight is 427 g/mol. The van der Waals surface area contributed by atoms with E-state index in [1.165, 1.54) is 0 Å². The Morgan fingerprint density at radius 1 is 0.714 bits per heavy atom. The van der Waals surface area contributed by atoms with Crippen LogP contribution in [0.1, 0.15) is 0 Å². The molecule has 5 aromatic rings. The summed E-state index contributed by atoms with van der Waals surface area (Å²) in [4.78, 5) is 13.2. The third-order valence-corrected chi connectivity index (χ3v) is 7.06. The molecule has 5 rings (SSSR count). The Balaban J connectivity index is 1.85. The van der Waals surface area contributed by atoms with Gasteiger partial charge in [0.15, 0.2) is 0 Å². The molecule has 0 fully saturated rings. The van der Waals surface area contributed by atoms with Gasteiger partial charge in [0, 0.05) is 0 Å². The van der Waals surface area contributed by atoms with Crippen LogP contribution in [0.3, 0.4) is 0 Å². The molecule has 2 heterocycles. The van der Waals surface area contributed by atoms with Gasteiger partial charge >= 0.3 is 168 Å². The predicted octanol–water partition coefficient (Wildman–Crippen LogP) is 4.78. The fourth-order valence-electron chi connectivity index (χ4n) is 3.33. The Bertz CT molecular complexity index is 1310. The van der Waals surface area contributed by atoms with Crippen LogP contribution in [-0.2, 0) is 0 Å². The molecule has 0 spiro atoms. The van der Waals surface area contributed by atoms with Gasteiger partial charge in [-0.2, -0.15) is 0 Å². The molecule has 0 radical (unpaired) electrons. The fourth-order valence-corrected chi connectivity index (χ4v) is 5.77. The van der Waals surface area contributed by atoms with Gasteiger partial charge < -0.3 is 0 Å². The molecule has 0 N–H and O–H groups in total. The van der Waals surface area contributed by atoms with Crippen molar-refractivity contribution in [3.63, 3.8) is 0 Å². The number of nitrogens with zero attached hydrogens (tertiary/aromatic N) is 2. The first kappa shape index (κ1) is 16.9. The van der Waals surface area contributed by atoms with Gasteiger partial charge in [-0.25, -0.2) is 0 Å². The van der Waals surface area contributed by atoms with E-state index in [0.717, 1.165) is 36.7 Å². The number of rotatable bonds is 3. The van der Waals surface area contributed by atoms with Crippen LogP contribution in [-0.4, -0.2) is 24.3 Å². The Morgan fingerprint density at radius 3 is 1.93 bits per heavy atom. The summed E-state index contributed by atoms with van der Waals surface area (Å²) in [5, 5.41) is 5.62. The summed E-state index contributed by atoms with van der Waals surface area (Å²) in [6.45, 7) is 0. The minimum absolute atomic E-state index is 0.0273. The molecule has 134 valence electrons. The van der Waals surface area contributed by atoms with Crippen molar-refractivity contribution in [2.45, 2.75) is 0 Å². The molecule has 0 bridgehead atoms. The van der Waals surface area contributed by atoms with Crippen LogP contribution >= 0.6 is 0 Å². The molecule has 4 heteroatoms. The fraction of sp³-hybridized carbons (Fsp3) is 0. The summed E-state index contributed by atoms with van der Waals surface area (Å²) in [7, 11) is 0. The second-order valence-corrected chi connectivity index (χ2v) is 8.65. The van der Waals surface area contributed by atoms with E-state index in [9.17, 15) is 4.79 Å². The third kappa shape index (κ3) is 2.93. The SMILES string of the molecule is O=c1cc(-c2ccccc2)[se]c2c1c(-c1ccccc1)nn2-c1ccccc1. The van der Waals surface area contributed by atoms with Crippen molar-refractivity contribution in [2.75, 3.05) is 0 Å². The maximum absolute atomic E-state index is 13.2. The molecule has 0 aliphatic rings. The molecule has 0 aliphatic heterocycles. The molecular formula is C24H16N2OSe. The molecule has 0 unspecified atom stereocenters. The molecule has 3 aromatic carbocycles. The number of benzene rings is 3. The topological polar surface area (TPSA) is 34.9 Å². The summed E-state index contributed by atoms with van der Waals surface area (Å²) in [5.41, 5.74) is 3.83. The zero-order valence-corrected chi connectivity index (χ0v) is 16.7. The molecule has 28 heavy (non-hydrogen) atoms. The summed E-state index contributed by atoms with van der Waals surface area (Å²) >= 11 is -0.0273. The van der Waals surface area contributed by atoms with Gasteiger partial charge in [-0.15, -0.1) is 0 Å². The van der Waals surface area contributed by atoms with E-state index >= 15 is 0 Å². The van der Waals surface area contributed by atoms with Crippen LogP contribution in [0.5, 0.6) is 0 Å². The van der Waals surface area contributed by atoms with Gasteiger partial charge in [0.25, 0.3) is 0 Å². The molecule has 0 atom stereocenters. The van der Waals surface area contributed by atoms with E-state index in [4.69, 9.17) is 5.10 Å². The molecule has 0 aliphatic carbocycles. The van der Waals surface area contributed by atoms with Crippen LogP contribution < -0.4 is 5.43 Å². The van der Waals surface area contributed by atoms with E-state index in [1.807, 2.05) is 83.5 Å². The molecular weight excluding hydrogens is 411 g/mol. The summed E-state index contributed by atoms with van der Waals surface area (Å²) < 4.78 is 4.04. The normalized spacial score (nSPS) is 11.0. The van der Waals surface area contributed by atoms with Crippen LogP contribution in [0.4, 0.5) is 0 Å². The van der Waals surface area contributed by atoms with Gasteiger partial charge in [-0.05, 0) is 0 Å². The quantitative estimate of drug-likeness (QED) is 0.389. The van der Waals surface area contributed by atoms with Crippen molar-refractivity contribution in [1.29, 1.82) is 0 Å². The van der Waals surface area contributed by atoms with Crippen molar-refractivity contribution in [1.82, 2.24) is 9.78 Å². The van der Waals surface area contributed by atoms with Crippen molar-refractivity contribution < 1.29 is 0 Å². The standard InChI is InChI=1S/C24H16N2OSe/c27-20-16-21(17-10-4-1-5-11-17)28-24-22(20)23(18-12-6-2-7-13-18)25-26(24)19-14-8-3-9-15-19/h1-16H. The Hall–Kier alpha value is -3.20. The first-order valence-corrected chi connectivity index (χ1v) is 10.8. The Labute approximate surface area is 168 Å². The Morgan fingerprint density at radius 2 is 1.29 bits per heavy atom. The van der Waals surface area contributed by atoms with Gasteiger partial charge in [-0.1, -0.05) is 0 Å². The summed E-state index contributed by atoms with van der Waals surface area (Å²) in [6.07, 6.45) is 0. The van der Waals surface area contributed by atoms with Gasteiger partial charge in [-0.3, -0.25) is 0 Å². The molecule has 2 aromatic heterocycles. The molecule has 3 nitrogen and oxygen atoms in total. The van der Waals surface area contributed by atoms with Crippen LogP contribution in [0.15, 0.2) is 102 Å². The zero-order chi connectivity index (χ0) is 18.9. The second kappa shape index (κ2) is 7.08. The number of fused-ring (bicyclic) bond motifs is 1. The van der Waals surface area contributed by atoms with Gasteiger partial charge in [0.05, 0.1) is 0 Å². The zero-order valence-electron chi connectivity index (χ0n) is 14.9. The van der Waals surface area contributed by atoms with Gasteiger partial charge in [0.1, 0.15) is 0 Å². The molecule has 0 amide bonds. The van der Waals surface area contributed by atoms with Crippen LogP contribution in [0.2, 0.25) is 0 Å². The number of para-hydroxylation sites is 1. The molecule has 0 saturated heterocycles. The molecule has 0 saturated carbocycles. The first-order valence-electron chi connectivity index (χ1n) is 9.04. The predicted molar refractivity (Wildman–Crippen MR) is 115 cm³/mol. The second-order valence-electron chi connectivity index (χ2n) is 6.48. The number of hydrogen-bond donors (Lipinski definition) is 0. The van der Waals surface area contributed by atoms with Crippen molar-refractivity contribution in [3.8, 4) is 26.9 Å². The van der Waals surface area contributed by atoms with Crippen molar-refractivity contribution >= 4 is 24.3 Å². The summed E-state index contributed by atoms with van der Waals surface area (Å²) in [5.74, 6) is 0. The van der Waals surface area contributed by atoms with E-state index in [2.05, 4.69) is 12.1 Å².